The summed E-state index contributed by atoms with van der Waals surface area (Å²) in [6, 6.07) is 13.8. The van der Waals surface area contributed by atoms with Crippen molar-refractivity contribution in [3.8, 4) is 0 Å². The van der Waals surface area contributed by atoms with Gasteiger partial charge in [0.1, 0.15) is 12.1 Å². The molecule has 0 spiro atoms. The minimum absolute atomic E-state index is 0.350. The van der Waals surface area contributed by atoms with Crippen LogP contribution in [0.4, 0.5) is 0 Å². The lowest BCUT2D eigenvalue weighted by molar-refractivity contribution is 0.0689. The number of hydrogen-bond donors (Lipinski definition) is 0. The summed E-state index contributed by atoms with van der Waals surface area (Å²) < 4.78 is 16.6. The van der Waals surface area contributed by atoms with E-state index < -0.39 is 0 Å². The topological polar surface area (TPSA) is 44.0 Å². The molecule has 0 N–H and O–H groups in total. The van der Waals surface area contributed by atoms with Crippen molar-refractivity contribution in [2.75, 3.05) is 13.2 Å². The van der Waals surface area contributed by atoms with E-state index in [0.29, 0.717) is 31.5 Å². The Morgan fingerprint density at radius 2 is 2.05 bits per heavy atom. The zero-order chi connectivity index (χ0) is 13.8. The highest BCUT2D eigenvalue weighted by Gasteiger charge is 2.33. The summed E-state index contributed by atoms with van der Waals surface area (Å²) in [5.74, 6) is 1.22. The smallest absolute Gasteiger partial charge is 0.253 e. The average molecular weight is 271 g/mol. The predicted molar refractivity (Wildman–Crippen MR) is 75.7 cm³/mol. The fraction of sp³-hybridized carbons (Fsp3) is 0.312. The Kier molecular flexibility index (Phi) is 3.56. The molecule has 0 aliphatic carbocycles. The van der Waals surface area contributed by atoms with Crippen LogP contribution in [0.1, 0.15) is 18.2 Å². The largest absolute Gasteiger partial charge is 0.473 e. The third kappa shape index (κ3) is 2.91. The zero-order valence-corrected chi connectivity index (χ0v) is 11.4. The molecule has 2 heterocycles. The number of hydrogen-bond acceptors (Lipinski definition) is 4. The maximum Gasteiger partial charge on any atom is 0.253 e. The summed E-state index contributed by atoms with van der Waals surface area (Å²) in [7, 11) is 0. The molecule has 1 aliphatic rings. The number of ether oxygens (including phenoxy) is 2. The molecule has 0 bridgehead atoms. The van der Waals surface area contributed by atoms with Gasteiger partial charge in [-0.1, -0.05) is 30.3 Å². The summed E-state index contributed by atoms with van der Waals surface area (Å²) >= 11 is 0. The third-order valence-corrected chi connectivity index (χ3v) is 3.15. The van der Waals surface area contributed by atoms with E-state index in [9.17, 15) is 0 Å². The fourth-order valence-corrected chi connectivity index (χ4v) is 2.10. The maximum absolute atomic E-state index is 5.75. The van der Waals surface area contributed by atoms with Gasteiger partial charge in [0.2, 0.25) is 0 Å². The van der Waals surface area contributed by atoms with Crippen LogP contribution in [0.25, 0.3) is 0 Å². The minimum Gasteiger partial charge on any atom is -0.473 e. The van der Waals surface area contributed by atoms with E-state index >= 15 is 0 Å². The van der Waals surface area contributed by atoms with Gasteiger partial charge in [-0.05, 0) is 24.6 Å². The van der Waals surface area contributed by atoms with Crippen LogP contribution < -0.4 is 0 Å². The molecule has 1 aromatic carbocycles. The van der Waals surface area contributed by atoms with Gasteiger partial charge in [0.25, 0.3) is 5.90 Å². The Hall–Kier alpha value is -2.07. The van der Waals surface area contributed by atoms with Crippen molar-refractivity contribution in [3.63, 3.8) is 0 Å². The van der Waals surface area contributed by atoms with E-state index in [-0.39, 0.29) is 5.54 Å². The molecule has 0 saturated carbocycles. The number of furan rings is 1. The van der Waals surface area contributed by atoms with Crippen molar-refractivity contribution >= 4 is 5.90 Å². The standard InChI is InChI=1S/C16H17NO3/c1-16(11-18-10-13-6-3-2-4-7-13)12-20-15(17-16)14-8-5-9-19-14/h2-9H,10-12H2,1H3. The summed E-state index contributed by atoms with van der Waals surface area (Å²) in [6.07, 6.45) is 1.61. The summed E-state index contributed by atoms with van der Waals surface area (Å²) in [5, 5.41) is 0. The van der Waals surface area contributed by atoms with Crippen molar-refractivity contribution in [1.82, 2.24) is 0 Å². The summed E-state index contributed by atoms with van der Waals surface area (Å²) in [6.45, 7) is 3.64. The van der Waals surface area contributed by atoms with E-state index in [4.69, 9.17) is 13.9 Å². The van der Waals surface area contributed by atoms with Crippen LogP contribution in [0.2, 0.25) is 0 Å². The van der Waals surface area contributed by atoms with Crippen LogP contribution in [0, 0.1) is 0 Å². The van der Waals surface area contributed by atoms with E-state index in [1.54, 1.807) is 6.26 Å². The van der Waals surface area contributed by atoms with E-state index in [1.807, 2.05) is 49.4 Å². The first-order valence-electron chi connectivity index (χ1n) is 6.63. The van der Waals surface area contributed by atoms with Crippen LogP contribution in [-0.2, 0) is 16.1 Å². The van der Waals surface area contributed by atoms with Crippen LogP contribution in [0.5, 0.6) is 0 Å². The van der Waals surface area contributed by atoms with E-state index in [0.717, 1.165) is 5.56 Å². The number of aliphatic imine (C=N–C) groups is 1. The lowest BCUT2D eigenvalue weighted by atomic mass is 10.1. The van der Waals surface area contributed by atoms with Crippen LogP contribution >= 0.6 is 0 Å². The second-order valence-corrected chi connectivity index (χ2v) is 5.16. The Balaban J connectivity index is 1.58. The van der Waals surface area contributed by atoms with E-state index in [2.05, 4.69) is 4.99 Å². The van der Waals surface area contributed by atoms with Crippen molar-refractivity contribution in [1.29, 1.82) is 0 Å². The molecular weight excluding hydrogens is 254 g/mol. The van der Waals surface area contributed by atoms with Gasteiger partial charge in [0.15, 0.2) is 5.76 Å². The van der Waals surface area contributed by atoms with Gasteiger partial charge in [0, 0.05) is 0 Å². The van der Waals surface area contributed by atoms with Gasteiger partial charge in [-0.2, -0.15) is 0 Å². The molecule has 1 aliphatic heterocycles. The maximum atomic E-state index is 5.75. The highest BCUT2D eigenvalue weighted by molar-refractivity contribution is 5.92. The molecule has 4 heteroatoms. The number of benzene rings is 1. The van der Waals surface area contributed by atoms with Gasteiger partial charge in [-0.25, -0.2) is 4.99 Å². The van der Waals surface area contributed by atoms with Gasteiger partial charge < -0.3 is 13.9 Å². The number of nitrogens with zero attached hydrogens (tertiary/aromatic N) is 1. The summed E-state index contributed by atoms with van der Waals surface area (Å²) in [4.78, 5) is 4.57. The van der Waals surface area contributed by atoms with Crippen molar-refractivity contribution < 1.29 is 13.9 Å². The molecule has 0 radical (unpaired) electrons. The SMILES string of the molecule is CC1(COCc2ccccc2)COC(c2ccco2)=N1. The van der Waals surface area contributed by atoms with E-state index in [1.165, 1.54) is 0 Å². The quantitative estimate of drug-likeness (QED) is 0.839. The van der Waals surface area contributed by atoms with Crippen molar-refractivity contribution in [3.05, 3.63) is 60.1 Å². The lowest BCUT2D eigenvalue weighted by Gasteiger charge is -2.18. The average Bonchev–Trinajstić information content (AvgIpc) is 3.10. The highest BCUT2D eigenvalue weighted by atomic mass is 16.5. The van der Waals surface area contributed by atoms with Gasteiger partial charge in [-0.15, -0.1) is 0 Å². The lowest BCUT2D eigenvalue weighted by Crippen LogP contribution is -2.30. The van der Waals surface area contributed by atoms with Crippen LogP contribution in [-0.4, -0.2) is 24.7 Å². The molecule has 1 unspecified atom stereocenters. The Morgan fingerprint density at radius 3 is 2.80 bits per heavy atom. The molecule has 3 rings (SSSR count). The fourth-order valence-electron chi connectivity index (χ4n) is 2.10. The molecule has 0 fully saturated rings. The molecule has 104 valence electrons. The van der Waals surface area contributed by atoms with Crippen LogP contribution in [0.15, 0.2) is 58.1 Å². The second kappa shape index (κ2) is 5.51. The third-order valence-electron chi connectivity index (χ3n) is 3.15. The number of rotatable bonds is 5. The monoisotopic (exact) mass is 271 g/mol. The first-order chi connectivity index (χ1) is 9.75. The molecule has 4 nitrogen and oxygen atoms in total. The normalized spacial score (nSPS) is 21.6. The molecule has 2 aromatic rings. The van der Waals surface area contributed by atoms with Crippen molar-refractivity contribution in [2.45, 2.75) is 19.1 Å². The first kappa shape index (κ1) is 12.9. The zero-order valence-electron chi connectivity index (χ0n) is 11.4. The first-order valence-corrected chi connectivity index (χ1v) is 6.63. The van der Waals surface area contributed by atoms with Crippen molar-refractivity contribution in [2.24, 2.45) is 4.99 Å². The molecule has 1 aromatic heterocycles. The molecule has 20 heavy (non-hydrogen) atoms. The van der Waals surface area contributed by atoms with Gasteiger partial charge in [0.05, 0.1) is 19.5 Å². The Bertz CT molecular complexity index is 577. The molecule has 0 saturated heterocycles. The molecule has 1 atom stereocenters. The minimum atomic E-state index is -0.350. The van der Waals surface area contributed by atoms with Gasteiger partial charge >= 0.3 is 0 Å². The molecule has 0 amide bonds. The highest BCUT2D eigenvalue weighted by Crippen LogP contribution is 2.22. The van der Waals surface area contributed by atoms with Gasteiger partial charge in [-0.3, -0.25) is 0 Å². The molecular formula is C16H17NO3. The second-order valence-electron chi connectivity index (χ2n) is 5.16. The predicted octanol–water partition coefficient (Wildman–Crippen LogP) is 3.03. The van der Waals surface area contributed by atoms with Crippen LogP contribution in [0.3, 0.4) is 0 Å². The Morgan fingerprint density at radius 1 is 1.20 bits per heavy atom. The summed E-state index contributed by atoms with van der Waals surface area (Å²) in [5.41, 5.74) is 0.807. The Labute approximate surface area is 118 Å².